The van der Waals surface area contributed by atoms with E-state index in [1.807, 2.05) is 36.1 Å². The molecule has 0 spiro atoms. The molecule has 28 heavy (non-hydrogen) atoms. The number of carbonyl (C=O) groups is 1. The number of amides is 1. The number of hydrogen-bond donors (Lipinski definition) is 0. The summed E-state index contributed by atoms with van der Waals surface area (Å²) in [6.07, 6.45) is 0.784. The fraction of sp³-hybridized carbons (Fsp3) is 0.300. The first-order valence-electron chi connectivity index (χ1n) is 8.76. The van der Waals surface area contributed by atoms with Crippen LogP contribution in [0.4, 0.5) is 0 Å². The fourth-order valence-electron chi connectivity index (χ4n) is 3.33. The summed E-state index contributed by atoms with van der Waals surface area (Å²) in [7, 11) is 3.25. The Kier molecular flexibility index (Phi) is 5.31. The average Bonchev–Trinajstić information content (AvgIpc) is 3.31. The molecule has 4 rings (SSSR count). The Morgan fingerprint density at radius 3 is 2.50 bits per heavy atom. The Balaban J connectivity index is 1.59. The van der Waals surface area contributed by atoms with E-state index < -0.39 is 0 Å². The van der Waals surface area contributed by atoms with Crippen molar-refractivity contribution in [2.24, 2.45) is 0 Å². The fourth-order valence-corrected chi connectivity index (χ4v) is 5.46. The van der Waals surface area contributed by atoms with E-state index in [4.69, 9.17) is 21.1 Å². The lowest BCUT2D eigenvalue weighted by atomic mass is 9.98. The number of thiazole rings is 1. The van der Waals surface area contributed by atoms with Crippen molar-refractivity contribution in [1.29, 1.82) is 0 Å². The molecule has 2 aromatic heterocycles. The number of methoxy groups -OCH3 is 2. The van der Waals surface area contributed by atoms with Gasteiger partial charge in [0, 0.05) is 13.1 Å². The lowest BCUT2D eigenvalue weighted by Crippen LogP contribution is -2.35. The minimum atomic E-state index is 0.0179. The number of fused-ring (bicyclic) bond motifs is 1. The Morgan fingerprint density at radius 2 is 1.86 bits per heavy atom. The van der Waals surface area contributed by atoms with Crippen LogP contribution in [0.25, 0.3) is 9.88 Å². The molecule has 8 heteroatoms. The highest BCUT2D eigenvalue weighted by atomic mass is 35.5. The van der Waals surface area contributed by atoms with Gasteiger partial charge < -0.3 is 14.4 Å². The molecule has 0 atom stereocenters. The van der Waals surface area contributed by atoms with Crippen LogP contribution < -0.4 is 9.47 Å². The minimum absolute atomic E-state index is 0.0179. The van der Waals surface area contributed by atoms with Crippen LogP contribution in [-0.2, 0) is 13.0 Å². The van der Waals surface area contributed by atoms with Gasteiger partial charge in [-0.15, -0.1) is 22.7 Å². The smallest absolute Gasteiger partial charge is 0.266 e. The molecule has 146 valence electrons. The molecule has 1 aliphatic heterocycles. The number of benzene rings is 1. The molecule has 0 fully saturated rings. The molecule has 5 nitrogen and oxygen atoms in total. The number of halogens is 1. The molecule has 1 aliphatic rings. The lowest BCUT2D eigenvalue weighted by Gasteiger charge is -2.29. The van der Waals surface area contributed by atoms with E-state index in [0.717, 1.165) is 33.3 Å². The maximum atomic E-state index is 13.2. The van der Waals surface area contributed by atoms with E-state index in [2.05, 4.69) is 4.98 Å². The van der Waals surface area contributed by atoms with Gasteiger partial charge in [-0.3, -0.25) is 4.79 Å². The summed E-state index contributed by atoms with van der Waals surface area (Å²) in [5.74, 6) is 1.42. The largest absolute Gasteiger partial charge is 0.493 e. The molecule has 3 heterocycles. The second kappa shape index (κ2) is 7.73. The van der Waals surface area contributed by atoms with Gasteiger partial charge in [-0.2, -0.15) is 0 Å². The highest BCUT2D eigenvalue weighted by Gasteiger charge is 2.27. The van der Waals surface area contributed by atoms with E-state index in [-0.39, 0.29) is 5.91 Å². The Bertz CT molecular complexity index is 1040. The molecule has 0 aliphatic carbocycles. The molecule has 1 amide bonds. The molecule has 0 unspecified atom stereocenters. The molecule has 3 aromatic rings. The summed E-state index contributed by atoms with van der Waals surface area (Å²) in [6, 6.07) is 7.76. The number of aryl methyl sites for hydroxylation is 1. The zero-order chi connectivity index (χ0) is 19.8. The quantitative estimate of drug-likeness (QED) is 0.576. The number of hydrogen-bond acceptors (Lipinski definition) is 6. The third-order valence-corrected chi connectivity index (χ3v) is 7.33. The highest BCUT2D eigenvalue weighted by Crippen LogP contribution is 2.37. The number of aromatic nitrogens is 1. The van der Waals surface area contributed by atoms with Crippen LogP contribution >= 0.6 is 34.3 Å². The van der Waals surface area contributed by atoms with Crippen molar-refractivity contribution in [3.05, 3.63) is 50.3 Å². The van der Waals surface area contributed by atoms with Crippen molar-refractivity contribution in [3.8, 4) is 21.4 Å². The number of nitrogens with zero attached hydrogens (tertiary/aromatic N) is 2. The zero-order valence-electron chi connectivity index (χ0n) is 15.7. The summed E-state index contributed by atoms with van der Waals surface area (Å²) in [6.45, 7) is 3.10. The summed E-state index contributed by atoms with van der Waals surface area (Å²) < 4.78 is 11.5. The van der Waals surface area contributed by atoms with Gasteiger partial charge >= 0.3 is 0 Å². The van der Waals surface area contributed by atoms with Crippen molar-refractivity contribution < 1.29 is 14.3 Å². The van der Waals surface area contributed by atoms with E-state index in [1.165, 1.54) is 28.2 Å². The first-order chi connectivity index (χ1) is 13.5. The van der Waals surface area contributed by atoms with Crippen LogP contribution in [0.2, 0.25) is 4.34 Å². The molecule has 0 saturated heterocycles. The van der Waals surface area contributed by atoms with E-state index in [9.17, 15) is 4.79 Å². The van der Waals surface area contributed by atoms with Gasteiger partial charge in [0.2, 0.25) is 0 Å². The predicted molar refractivity (Wildman–Crippen MR) is 113 cm³/mol. The number of carbonyl (C=O) groups excluding carboxylic acids is 1. The van der Waals surface area contributed by atoms with Gasteiger partial charge in [-0.05, 0) is 48.7 Å². The second-order valence-corrected chi connectivity index (χ2v) is 9.20. The maximum Gasteiger partial charge on any atom is 0.266 e. The molecule has 1 aromatic carbocycles. The lowest BCUT2D eigenvalue weighted by molar-refractivity contribution is 0.0738. The standard InChI is InChI=1S/C20H19ClN2O3S2/c1-11-18(28-19(22-11)16-4-5-17(21)27-16)20(24)23-7-6-12-8-14(25-2)15(26-3)9-13(12)10-23/h4-5,8-9H,6-7,10H2,1-3H3. The molecule has 0 saturated carbocycles. The predicted octanol–water partition coefficient (Wildman–Crippen LogP) is 5.05. The van der Waals surface area contributed by atoms with Crippen molar-refractivity contribution in [2.75, 3.05) is 20.8 Å². The summed E-state index contributed by atoms with van der Waals surface area (Å²) >= 11 is 8.93. The topological polar surface area (TPSA) is 51.7 Å². The van der Waals surface area contributed by atoms with Gasteiger partial charge in [0.25, 0.3) is 5.91 Å². The van der Waals surface area contributed by atoms with E-state index in [1.54, 1.807) is 14.2 Å². The van der Waals surface area contributed by atoms with Crippen LogP contribution in [0, 0.1) is 6.92 Å². The Morgan fingerprint density at radius 1 is 1.14 bits per heavy atom. The van der Waals surface area contributed by atoms with Gasteiger partial charge in [0.1, 0.15) is 9.88 Å². The van der Waals surface area contributed by atoms with Crippen molar-refractivity contribution in [2.45, 2.75) is 19.9 Å². The average molecular weight is 435 g/mol. The Hall–Kier alpha value is -2.09. The molecular formula is C20H19ClN2O3S2. The third-order valence-electron chi connectivity index (χ3n) is 4.78. The molecular weight excluding hydrogens is 416 g/mol. The SMILES string of the molecule is COc1cc2c(cc1OC)CN(C(=O)c1sc(-c3ccc(Cl)s3)nc1C)CC2. The number of rotatable bonds is 4. The van der Waals surface area contributed by atoms with Gasteiger partial charge in [0.05, 0.1) is 29.1 Å². The number of thiophene rings is 1. The normalized spacial score (nSPS) is 13.4. The zero-order valence-corrected chi connectivity index (χ0v) is 18.1. The van der Waals surface area contributed by atoms with Crippen molar-refractivity contribution >= 4 is 40.2 Å². The van der Waals surface area contributed by atoms with Gasteiger partial charge in [-0.1, -0.05) is 11.6 Å². The Labute approximate surface area is 176 Å². The van der Waals surface area contributed by atoms with Crippen LogP contribution in [0.3, 0.4) is 0 Å². The first-order valence-corrected chi connectivity index (χ1v) is 10.8. The van der Waals surface area contributed by atoms with E-state index in [0.29, 0.717) is 28.1 Å². The summed E-state index contributed by atoms with van der Waals surface area (Å²) in [4.78, 5) is 21.3. The first kappa shape index (κ1) is 19.2. The van der Waals surface area contributed by atoms with Gasteiger partial charge in [0.15, 0.2) is 11.5 Å². The number of ether oxygens (including phenoxy) is 2. The molecule has 0 bridgehead atoms. The van der Waals surface area contributed by atoms with Crippen molar-refractivity contribution in [1.82, 2.24) is 9.88 Å². The van der Waals surface area contributed by atoms with Gasteiger partial charge in [-0.25, -0.2) is 4.98 Å². The monoisotopic (exact) mass is 434 g/mol. The third kappa shape index (κ3) is 3.50. The van der Waals surface area contributed by atoms with Crippen LogP contribution in [-0.4, -0.2) is 36.6 Å². The second-order valence-electron chi connectivity index (χ2n) is 6.49. The van der Waals surface area contributed by atoms with Crippen LogP contribution in [0.15, 0.2) is 24.3 Å². The van der Waals surface area contributed by atoms with Crippen molar-refractivity contribution in [3.63, 3.8) is 0 Å². The van der Waals surface area contributed by atoms with Crippen LogP contribution in [0.5, 0.6) is 11.5 Å². The maximum absolute atomic E-state index is 13.2. The molecule has 0 N–H and O–H groups in total. The summed E-state index contributed by atoms with van der Waals surface area (Å²) in [5, 5.41) is 0.835. The minimum Gasteiger partial charge on any atom is -0.493 e. The van der Waals surface area contributed by atoms with E-state index >= 15 is 0 Å². The highest BCUT2D eigenvalue weighted by molar-refractivity contribution is 7.24. The van der Waals surface area contributed by atoms with Crippen LogP contribution in [0.1, 0.15) is 26.5 Å². The summed E-state index contributed by atoms with van der Waals surface area (Å²) in [5.41, 5.74) is 3.04. The molecule has 0 radical (unpaired) electrons.